The highest BCUT2D eigenvalue weighted by molar-refractivity contribution is 7.10. The number of nitrogens with one attached hydrogen (secondary N) is 1. The molecule has 1 amide bonds. The van der Waals surface area contributed by atoms with E-state index in [0.717, 1.165) is 37.0 Å². The standard InChI is InChI=1S/C17H16F3NOS/c1-10-2-7-13-14(9-23-15(13)8-10)16(22)21-12-5-3-11(4-6-12)17(18,19)20/h3-6,9-10H,2,7-8H2,1H3,(H,21,22)/t10-/m0/s1. The Balaban J connectivity index is 1.75. The van der Waals surface area contributed by atoms with E-state index < -0.39 is 11.7 Å². The molecule has 1 aliphatic rings. The fourth-order valence-corrected chi connectivity index (χ4v) is 4.05. The number of fused-ring (bicyclic) bond motifs is 1. The second-order valence-corrected chi connectivity index (χ2v) is 6.89. The molecule has 3 rings (SSSR count). The summed E-state index contributed by atoms with van der Waals surface area (Å²) >= 11 is 1.59. The summed E-state index contributed by atoms with van der Waals surface area (Å²) in [4.78, 5) is 13.6. The first-order valence-corrected chi connectivity index (χ1v) is 8.30. The quantitative estimate of drug-likeness (QED) is 0.806. The number of thiophene rings is 1. The maximum Gasteiger partial charge on any atom is 0.416 e. The molecule has 1 aromatic carbocycles. The third-order valence-corrected chi connectivity index (χ3v) is 5.17. The molecule has 0 spiro atoms. The van der Waals surface area contributed by atoms with E-state index >= 15 is 0 Å². The topological polar surface area (TPSA) is 29.1 Å². The number of halogens is 3. The summed E-state index contributed by atoms with van der Waals surface area (Å²) in [6.07, 6.45) is -1.43. The number of rotatable bonds is 2. The van der Waals surface area contributed by atoms with Crippen molar-refractivity contribution in [1.82, 2.24) is 0 Å². The van der Waals surface area contributed by atoms with Crippen molar-refractivity contribution in [2.75, 3.05) is 5.32 Å². The molecular formula is C17H16F3NOS. The molecule has 0 aliphatic heterocycles. The first kappa shape index (κ1) is 16.1. The minimum Gasteiger partial charge on any atom is -0.322 e. The number of amides is 1. The number of carbonyl (C=O) groups is 1. The summed E-state index contributed by atoms with van der Waals surface area (Å²) in [6, 6.07) is 4.50. The molecule has 0 saturated heterocycles. The smallest absolute Gasteiger partial charge is 0.322 e. The summed E-state index contributed by atoms with van der Waals surface area (Å²) < 4.78 is 37.6. The third kappa shape index (κ3) is 3.42. The molecule has 2 nitrogen and oxygen atoms in total. The number of carbonyl (C=O) groups excluding carboxylic acids is 1. The highest BCUT2D eigenvalue weighted by Crippen LogP contribution is 2.33. The van der Waals surface area contributed by atoms with Gasteiger partial charge in [0.15, 0.2) is 0 Å². The van der Waals surface area contributed by atoms with Gasteiger partial charge in [0, 0.05) is 15.9 Å². The Hall–Kier alpha value is -1.82. The van der Waals surface area contributed by atoms with Crippen LogP contribution >= 0.6 is 11.3 Å². The van der Waals surface area contributed by atoms with E-state index in [1.54, 1.807) is 11.3 Å². The number of hydrogen-bond donors (Lipinski definition) is 1. The molecule has 1 atom stereocenters. The normalized spacial score (nSPS) is 17.7. The van der Waals surface area contributed by atoms with Gasteiger partial charge in [-0.1, -0.05) is 6.92 Å². The zero-order valence-corrected chi connectivity index (χ0v) is 13.4. The SMILES string of the molecule is C[C@H]1CCc2c(C(=O)Nc3ccc(C(F)(F)F)cc3)csc2C1. The number of benzene rings is 1. The fraction of sp³-hybridized carbons (Fsp3) is 0.353. The van der Waals surface area contributed by atoms with Crippen molar-refractivity contribution in [3.8, 4) is 0 Å². The van der Waals surface area contributed by atoms with Crippen molar-refractivity contribution < 1.29 is 18.0 Å². The van der Waals surface area contributed by atoms with Crippen molar-refractivity contribution in [3.63, 3.8) is 0 Å². The molecule has 0 fully saturated rings. The van der Waals surface area contributed by atoms with E-state index in [0.29, 0.717) is 17.2 Å². The van der Waals surface area contributed by atoms with E-state index in [9.17, 15) is 18.0 Å². The zero-order chi connectivity index (χ0) is 16.6. The van der Waals surface area contributed by atoms with E-state index in [1.165, 1.54) is 17.0 Å². The predicted molar refractivity (Wildman–Crippen MR) is 84.9 cm³/mol. The van der Waals surface area contributed by atoms with Gasteiger partial charge in [-0.2, -0.15) is 13.2 Å². The molecule has 122 valence electrons. The van der Waals surface area contributed by atoms with E-state index in [-0.39, 0.29) is 5.91 Å². The Bertz CT molecular complexity index is 718. The van der Waals surface area contributed by atoms with Crippen LogP contribution in [-0.2, 0) is 19.0 Å². The second-order valence-electron chi connectivity index (χ2n) is 5.93. The van der Waals surface area contributed by atoms with Crippen LogP contribution in [0, 0.1) is 5.92 Å². The van der Waals surface area contributed by atoms with Crippen LogP contribution in [-0.4, -0.2) is 5.91 Å². The number of alkyl halides is 3. The van der Waals surface area contributed by atoms with E-state index in [1.807, 2.05) is 5.38 Å². The summed E-state index contributed by atoms with van der Waals surface area (Å²) in [7, 11) is 0. The van der Waals surface area contributed by atoms with Crippen LogP contribution in [0.4, 0.5) is 18.9 Å². The van der Waals surface area contributed by atoms with Gasteiger partial charge >= 0.3 is 6.18 Å². The van der Waals surface area contributed by atoms with Crippen molar-refractivity contribution in [2.45, 2.75) is 32.4 Å². The molecular weight excluding hydrogens is 323 g/mol. The van der Waals surface area contributed by atoms with Gasteiger partial charge in [-0.05, 0) is 55.0 Å². The monoisotopic (exact) mass is 339 g/mol. The number of anilines is 1. The molecule has 2 aromatic rings. The van der Waals surface area contributed by atoms with Crippen LogP contribution in [0.25, 0.3) is 0 Å². The molecule has 1 heterocycles. The minimum atomic E-state index is -4.37. The van der Waals surface area contributed by atoms with Crippen molar-refractivity contribution in [3.05, 3.63) is 51.2 Å². The van der Waals surface area contributed by atoms with Crippen molar-refractivity contribution >= 4 is 22.9 Å². The lowest BCUT2D eigenvalue weighted by Gasteiger charge is -2.18. The van der Waals surface area contributed by atoms with Crippen LogP contribution in [0.15, 0.2) is 29.6 Å². The fourth-order valence-electron chi connectivity index (χ4n) is 2.81. The first-order valence-electron chi connectivity index (χ1n) is 7.42. The minimum absolute atomic E-state index is 0.253. The van der Waals surface area contributed by atoms with Gasteiger partial charge in [0.1, 0.15) is 0 Å². The second kappa shape index (κ2) is 6.00. The Labute approximate surface area is 136 Å². The van der Waals surface area contributed by atoms with Crippen LogP contribution in [0.2, 0.25) is 0 Å². The molecule has 1 aliphatic carbocycles. The van der Waals surface area contributed by atoms with Crippen LogP contribution in [0.3, 0.4) is 0 Å². The summed E-state index contributed by atoms with van der Waals surface area (Å²) in [5.41, 5.74) is 1.39. The Morgan fingerprint density at radius 2 is 1.96 bits per heavy atom. The van der Waals surface area contributed by atoms with Gasteiger partial charge in [0.25, 0.3) is 5.91 Å². The van der Waals surface area contributed by atoms with Gasteiger partial charge in [-0.15, -0.1) is 11.3 Å². The van der Waals surface area contributed by atoms with Gasteiger partial charge < -0.3 is 5.32 Å². The van der Waals surface area contributed by atoms with Gasteiger partial charge in [0.05, 0.1) is 11.1 Å². The van der Waals surface area contributed by atoms with Crippen molar-refractivity contribution in [2.24, 2.45) is 5.92 Å². The molecule has 23 heavy (non-hydrogen) atoms. The molecule has 0 unspecified atom stereocenters. The number of hydrogen-bond acceptors (Lipinski definition) is 2. The summed E-state index contributed by atoms with van der Waals surface area (Å²) in [5, 5.41) is 4.53. The Kier molecular flexibility index (Phi) is 4.19. The maximum atomic E-state index is 12.5. The van der Waals surface area contributed by atoms with E-state index in [4.69, 9.17) is 0 Å². The average Bonchev–Trinajstić information content (AvgIpc) is 2.89. The maximum absolute atomic E-state index is 12.5. The largest absolute Gasteiger partial charge is 0.416 e. The zero-order valence-electron chi connectivity index (χ0n) is 12.5. The van der Waals surface area contributed by atoms with Gasteiger partial charge in [0.2, 0.25) is 0 Å². The Morgan fingerprint density at radius 3 is 2.61 bits per heavy atom. The molecule has 0 radical (unpaired) electrons. The van der Waals surface area contributed by atoms with E-state index in [2.05, 4.69) is 12.2 Å². The molecule has 0 saturated carbocycles. The molecule has 1 N–H and O–H groups in total. The lowest BCUT2D eigenvalue weighted by Crippen LogP contribution is -2.16. The van der Waals surface area contributed by atoms with Crippen LogP contribution < -0.4 is 5.32 Å². The highest BCUT2D eigenvalue weighted by atomic mass is 32.1. The third-order valence-electron chi connectivity index (χ3n) is 4.12. The van der Waals surface area contributed by atoms with Crippen LogP contribution in [0.5, 0.6) is 0 Å². The summed E-state index contributed by atoms with van der Waals surface area (Å²) in [6.45, 7) is 2.20. The van der Waals surface area contributed by atoms with Gasteiger partial charge in [-0.25, -0.2) is 0 Å². The molecule has 0 bridgehead atoms. The predicted octanol–water partition coefficient (Wildman–Crippen LogP) is 5.14. The van der Waals surface area contributed by atoms with Gasteiger partial charge in [-0.3, -0.25) is 4.79 Å². The highest BCUT2D eigenvalue weighted by Gasteiger charge is 2.30. The molecule has 6 heteroatoms. The molecule has 1 aromatic heterocycles. The first-order chi connectivity index (χ1) is 10.8. The lowest BCUT2D eigenvalue weighted by molar-refractivity contribution is -0.137. The van der Waals surface area contributed by atoms with Crippen molar-refractivity contribution in [1.29, 1.82) is 0 Å². The van der Waals surface area contributed by atoms with Crippen LogP contribution in [0.1, 0.15) is 39.7 Å². The lowest BCUT2D eigenvalue weighted by atomic mass is 9.88. The Morgan fingerprint density at radius 1 is 1.26 bits per heavy atom. The summed E-state index contributed by atoms with van der Waals surface area (Å²) in [5.74, 6) is 0.379. The average molecular weight is 339 g/mol.